The number of carbonyl (C=O) groups excluding carboxylic acids is 1. The summed E-state index contributed by atoms with van der Waals surface area (Å²) < 4.78 is 5.38. The monoisotopic (exact) mass is 253 g/mol. The van der Waals surface area contributed by atoms with Crippen LogP contribution in [0, 0.1) is 5.92 Å². The average molecular weight is 253 g/mol. The summed E-state index contributed by atoms with van der Waals surface area (Å²) in [5, 5.41) is 11.4. The molecular formula is C12H19N3O3. The first-order chi connectivity index (χ1) is 8.27. The van der Waals surface area contributed by atoms with Crippen molar-refractivity contribution in [2.24, 2.45) is 11.1 Å². The maximum atomic E-state index is 12.1. The predicted octanol–water partition coefficient (Wildman–Crippen LogP) is 2.21. The van der Waals surface area contributed by atoms with E-state index in [9.17, 15) is 4.79 Å². The first kappa shape index (κ1) is 14.3. The Labute approximate surface area is 106 Å². The first-order valence-electron chi connectivity index (χ1n) is 5.77. The van der Waals surface area contributed by atoms with Gasteiger partial charge in [0, 0.05) is 11.3 Å². The number of hydrogen-bond acceptors (Lipinski definition) is 6. The normalized spacial score (nSPS) is 12.9. The van der Waals surface area contributed by atoms with Crippen molar-refractivity contribution in [3.63, 3.8) is 0 Å². The third-order valence-electron chi connectivity index (χ3n) is 2.23. The van der Waals surface area contributed by atoms with Crippen LogP contribution in [0.3, 0.4) is 0 Å². The molecule has 0 bridgehead atoms. The maximum absolute atomic E-state index is 12.1. The lowest BCUT2D eigenvalue weighted by molar-refractivity contribution is 0.101. The first-order valence-corrected chi connectivity index (χ1v) is 5.77. The zero-order valence-corrected chi connectivity index (χ0v) is 11.6. The summed E-state index contributed by atoms with van der Waals surface area (Å²) in [6.45, 7) is 9.48. The van der Waals surface area contributed by atoms with Gasteiger partial charge in [-0.3, -0.25) is 4.79 Å². The van der Waals surface area contributed by atoms with E-state index in [0.29, 0.717) is 5.89 Å². The van der Waals surface area contributed by atoms with Gasteiger partial charge in [0.25, 0.3) is 11.7 Å². The van der Waals surface area contributed by atoms with Gasteiger partial charge in [0.2, 0.25) is 5.89 Å². The van der Waals surface area contributed by atoms with Crippen molar-refractivity contribution in [3.8, 4) is 0 Å². The highest BCUT2D eigenvalue weighted by molar-refractivity contribution is 6.45. The average Bonchev–Trinajstić information content (AvgIpc) is 2.73. The molecule has 6 heteroatoms. The molecule has 0 aliphatic rings. The minimum absolute atomic E-state index is 0.0515. The number of aromatic nitrogens is 2. The van der Waals surface area contributed by atoms with Crippen molar-refractivity contribution < 1.29 is 14.0 Å². The molecule has 0 aliphatic carbocycles. The Balaban J connectivity index is 3.04. The van der Waals surface area contributed by atoms with Gasteiger partial charge in [0.1, 0.15) is 12.8 Å². The van der Waals surface area contributed by atoms with Crippen LogP contribution in [0.2, 0.25) is 0 Å². The summed E-state index contributed by atoms with van der Waals surface area (Å²) in [4.78, 5) is 16.8. The molecule has 0 atom stereocenters. The number of Topliss-reactive ketones (excluding diaryl/α,β-unsaturated/α-hetero) is 1. The fourth-order valence-electron chi connectivity index (χ4n) is 1.24. The van der Waals surface area contributed by atoms with E-state index in [1.54, 1.807) is 0 Å². The summed E-state index contributed by atoms with van der Waals surface area (Å²) in [6, 6.07) is 0. The largest absolute Gasteiger partial charge is 0.417 e. The molecule has 0 aliphatic heterocycles. The van der Waals surface area contributed by atoms with Crippen LogP contribution in [-0.4, -0.2) is 28.8 Å². The second kappa shape index (κ2) is 5.29. The molecule has 1 heterocycles. The van der Waals surface area contributed by atoms with Crippen molar-refractivity contribution in [1.82, 2.24) is 10.2 Å². The molecule has 0 saturated heterocycles. The minimum Gasteiger partial charge on any atom is -0.417 e. The summed E-state index contributed by atoms with van der Waals surface area (Å²) in [5.41, 5.74) is -0.0244. The smallest absolute Gasteiger partial charge is 0.290 e. The molecule has 0 saturated carbocycles. The summed E-state index contributed by atoms with van der Waals surface area (Å²) in [6.07, 6.45) is 0. The number of ketones is 1. The van der Waals surface area contributed by atoms with E-state index in [-0.39, 0.29) is 22.9 Å². The Bertz CT molecular complexity index is 455. The third kappa shape index (κ3) is 3.15. The molecule has 0 radical (unpaired) electrons. The lowest BCUT2D eigenvalue weighted by Gasteiger charge is -2.11. The molecule has 0 amide bonds. The van der Waals surface area contributed by atoms with Crippen LogP contribution in [0.5, 0.6) is 0 Å². The van der Waals surface area contributed by atoms with Crippen LogP contribution >= 0.6 is 0 Å². The van der Waals surface area contributed by atoms with Gasteiger partial charge in [-0.2, -0.15) is 0 Å². The Morgan fingerprint density at radius 1 is 1.33 bits per heavy atom. The highest BCUT2D eigenvalue weighted by Crippen LogP contribution is 2.20. The summed E-state index contributed by atoms with van der Waals surface area (Å²) in [5.74, 6) is -0.104. The van der Waals surface area contributed by atoms with Gasteiger partial charge in [-0.05, 0) is 0 Å². The van der Waals surface area contributed by atoms with Crippen LogP contribution in [0.1, 0.15) is 51.2 Å². The van der Waals surface area contributed by atoms with Gasteiger partial charge in [-0.25, -0.2) is 0 Å². The van der Waals surface area contributed by atoms with Crippen molar-refractivity contribution in [2.45, 2.75) is 40.0 Å². The Kier molecular flexibility index (Phi) is 4.21. The molecule has 6 nitrogen and oxygen atoms in total. The minimum atomic E-state index is -0.394. The van der Waals surface area contributed by atoms with E-state index in [4.69, 9.17) is 4.42 Å². The van der Waals surface area contributed by atoms with Gasteiger partial charge in [0.05, 0.1) is 0 Å². The van der Waals surface area contributed by atoms with Crippen molar-refractivity contribution >= 4 is 11.5 Å². The second-order valence-corrected chi connectivity index (χ2v) is 5.31. The second-order valence-electron chi connectivity index (χ2n) is 5.31. The van der Waals surface area contributed by atoms with E-state index < -0.39 is 5.78 Å². The van der Waals surface area contributed by atoms with E-state index in [1.807, 2.05) is 34.6 Å². The van der Waals surface area contributed by atoms with Crippen LogP contribution < -0.4 is 0 Å². The molecule has 18 heavy (non-hydrogen) atoms. The number of oxime groups is 1. The van der Waals surface area contributed by atoms with Crippen molar-refractivity contribution in [1.29, 1.82) is 0 Å². The summed E-state index contributed by atoms with van der Waals surface area (Å²) in [7, 11) is 1.39. The molecule has 1 aromatic rings. The molecule has 1 aromatic heterocycles. The highest BCUT2D eigenvalue weighted by Gasteiger charge is 2.27. The molecule has 100 valence electrons. The Hall–Kier alpha value is -1.72. The zero-order valence-electron chi connectivity index (χ0n) is 11.6. The molecule has 0 spiro atoms. The lowest BCUT2D eigenvalue weighted by atomic mass is 9.97. The number of rotatable bonds is 4. The van der Waals surface area contributed by atoms with Gasteiger partial charge in [-0.1, -0.05) is 39.8 Å². The van der Waals surface area contributed by atoms with E-state index >= 15 is 0 Å². The van der Waals surface area contributed by atoms with Crippen molar-refractivity contribution in [3.05, 3.63) is 11.8 Å². The van der Waals surface area contributed by atoms with Crippen molar-refractivity contribution in [2.75, 3.05) is 7.11 Å². The van der Waals surface area contributed by atoms with Gasteiger partial charge < -0.3 is 9.25 Å². The number of nitrogens with zero attached hydrogens (tertiary/aromatic N) is 3. The fourth-order valence-corrected chi connectivity index (χ4v) is 1.24. The zero-order chi connectivity index (χ0) is 13.9. The predicted molar refractivity (Wildman–Crippen MR) is 66.6 cm³/mol. The number of hydrogen-bond donors (Lipinski definition) is 0. The van der Waals surface area contributed by atoms with Gasteiger partial charge in [0.15, 0.2) is 0 Å². The van der Waals surface area contributed by atoms with E-state index in [1.165, 1.54) is 7.11 Å². The molecule has 0 aromatic carbocycles. The summed E-state index contributed by atoms with van der Waals surface area (Å²) >= 11 is 0. The standard InChI is InChI=1S/C12H19N3O3/c1-7(2)8(15-17-6)9(16)10-13-14-11(18-10)12(3,4)5/h7H,1-6H3. The van der Waals surface area contributed by atoms with Crippen LogP contribution in [0.4, 0.5) is 0 Å². The van der Waals surface area contributed by atoms with Gasteiger partial charge in [-0.15, -0.1) is 10.2 Å². The van der Waals surface area contributed by atoms with Crippen LogP contribution in [0.25, 0.3) is 0 Å². The molecule has 0 fully saturated rings. The quantitative estimate of drug-likeness (QED) is 0.467. The maximum Gasteiger partial charge on any atom is 0.290 e. The van der Waals surface area contributed by atoms with Gasteiger partial charge >= 0.3 is 0 Å². The Morgan fingerprint density at radius 2 is 1.94 bits per heavy atom. The number of carbonyl (C=O) groups is 1. The Morgan fingerprint density at radius 3 is 2.33 bits per heavy atom. The third-order valence-corrected chi connectivity index (χ3v) is 2.23. The fraction of sp³-hybridized carbons (Fsp3) is 0.667. The topological polar surface area (TPSA) is 77.6 Å². The molecular weight excluding hydrogens is 234 g/mol. The highest BCUT2D eigenvalue weighted by atomic mass is 16.6. The van der Waals surface area contributed by atoms with Crippen LogP contribution in [0.15, 0.2) is 9.57 Å². The lowest BCUT2D eigenvalue weighted by Crippen LogP contribution is -2.21. The molecule has 1 rings (SSSR count). The van der Waals surface area contributed by atoms with E-state index in [0.717, 1.165) is 0 Å². The van der Waals surface area contributed by atoms with E-state index in [2.05, 4.69) is 20.2 Å². The molecule has 0 unspecified atom stereocenters. The SMILES string of the molecule is CON=C(C(=O)c1nnc(C(C)(C)C)o1)C(C)C. The van der Waals surface area contributed by atoms with Crippen LogP contribution in [-0.2, 0) is 10.3 Å². The molecule has 0 N–H and O–H groups in total.